The third kappa shape index (κ3) is 1.52. The Bertz CT molecular complexity index is 435. The smallest absolute Gasteiger partial charge is 0.136 e. The summed E-state index contributed by atoms with van der Waals surface area (Å²) in [6, 6.07) is 0. The van der Waals surface area contributed by atoms with Gasteiger partial charge in [0.25, 0.3) is 0 Å². The standard InChI is InChI=1S/C13H12O2/c1-9-2-3-11-8-12-6-10(4-5-14-12)7-13(11)15-9/h2-9,12H,1H3. The highest BCUT2D eigenvalue weighted by Gasteiger charge is 2.19. The molecule has 2 atom stereocenters. The lowest BCUT2D eigenvalue weighted by atomic mass is 10.1. The summed E-state index contributed by atoms with van der Waals surface area (Å²) >= 11 is 0. The summed E-state index contributed by atoms with van der Waals surface area (Å²) in [5.41, 5.74) is 2.25. The van der Waals surface area contributed by atoms with Gasteiger partial charge in [0.1, 0.15) is 18.0 Å². The molecule has 15 heavy (non-hydrogen) atoms. The molecule has 0 saturated carbocycles. The Labute approximate surface area is 88.9 Å². The fourth-order valence-electron chi connectivity index (χ4n) is 1.89. The topological polar surface area (TPSA) is 18.5 Å². The van der Waals surface area contributed by atoms with Gasteiger partial charge in [-0.05, 0) is 42.9 Å². The molecule has 2 aliphatic heterocycles. The van der Waals surface area contributed by atoms with E-state index >= 15 is 0 Å². The molecular weight excluding hydrogens is 188 g/mol. The summed E-state index contributed by atoms with van der Waals surface area (Å²) in [5, 5.41) is 0. The van der Waals surface area contributed by atoms with Crippen LogP contribution < -0.4 is 0 Å². The molecule has 0 spiro atoms. The highest BCUT2D eigenvalue weighted by Crippen LogP contribution is 2.28. The minimum Gasteiger partial charge on any atom is -0.490 e. The number of hydrogen-bond donors (Lipinski definition) is 0. The molecule has 2 bridgehead atoms. The van der Waals surface area contributed by atoms with E-state index in [0.29, 0.717) is 0 Å². The third-order valence-corrected chi connectivity index (χ3v) is 2.64. The summed E-state index contributed by atoms with van der Waals surface area (Å²) in [4.78, 5) is 0. The van der Waals surface area contributed by atoms with Crippen LogP contribution in [-0.2, 0) is 9.47 Å². The Kier molecular flexibility index (Phi) is 1.81. The monoisotopic (exact) mass is 200 g/mol. The molecule has 76 valence electrons. The summed E-state index contributed by atoms with van der Waals surface area (Å²) in [6.07, 6.45) is 14.2. The second kappa shape index (κ2) is 3.16. The normalized spacial score (nSPS) is 31.4. The first kappa shape index (κ1) is 8.60. The summed E-state index contributed by atoms with van der Waals surface area (Å²) in [7, 11) is 0. The maximum Gasteiger partial charge on any atom is 0.136 e. The molecule has 0 radical (unpaired) electrons. The average molecular weight is 200 g/mol. The predicted octanol–water partition coefficient (Wildman–Crippen LogP) is 2.62. The van der Waals surface area contributed by atoms with Crippen LogP contribution in [0.15, 0.2) is 59.6 Å². The van der Waals surface area contributed by atoms with Crippen LogP contribution >= 0.6 is 0 Å². The van der Waals surface area contributed by atoms with Crippen molar-refractivity contribution in [2.75, 3.05) is 0 Å². The number of hydrogen-bond acceptors (Lipinski definition) is 2. The molecule has 3 rings (SSSR count). The minimum atomic E-state index is 0.0374. The Morgan fingerprint density at radius 1 is 1.20 bits per heavy atom. The van der Waals surface area contributed by atoms with Crippen molar-refractivity contribution < 1.29 is 9.47 Å². The lowest BCUT2D eigenvalue weighted by Crippen LogP contribution is -2.11. The van der Waals surface area contributed by atoms with Crippen molar-refractivity contribution in [2.24, 2.45) is 0 Å². The van der Waals surface area contributed by atoms with Crippen LogP contribution in [0.3, 0.4) is 0 Å². The van der Waals surface area contributed by atoms with E-state index in [1.54, 1.807) is 6.26 Å². The summed E-state index contributed by atoms with van der Waals surface area (Å²) in [6.45, 7) is 2.03. The van der Waals surface area contributed by atoms with Gasteiger partial charge in [-0.25, -0.2) is 0 Å². The van der Waals surface area contributed by atoms with Crippen LogP contribution in [0, 0.1) is 0 Å². The van der Waals surface area contributed by atoms with E-state index in [1.165, 1.54) is 0 Å². The molecule has 0 amide bonds. The van der Waals surface area contributed by atoms with Crippen molar-refractivity contribution in [3.63, 3.8) is 0 Å². The maximum atomic E-state index is 5.75. The van der Waals surface area contributed by atoms with Gasteiger partial charge < -0.3 is 9.47 Å². The quantitative estimate of drug-likeness (QED) is 0.598. The van der Waals surface area contributed by atoms with Gasteiger partial charge in [-0.15, -0.1) is 0 Å². The fraction of sp³-hybridized carbons (Fsp3) is 0.231. The molecule has 3 aliphatic rings. The number of fused-ring (bicyclic) bond motifs is 2. The average Bonchev–Trinajstić information content (AvgIpc) is 2.33. The third-order valence-electron chi connectivity index (χ3n) is 2.64. The zero-order valence-corrected chi connectivity index (χ0v) is 8.51. The highest BCUT2D eigenvalue weighted by molar-refractivity contribution is 5.49. The van der Waals surface area contributed by atoms with Gasteiger partial charge in [0.2, 0.25) is 0 Å². The van der Waals surface area contributed by atoms with E-state index in [1.807, 2.05) is 13.0 Å². The first-order chi connectivity index (χ1) is 7.31. The molecule has 0 aromatic rings. The van der Waals surface area contributed by atoms with Gasteiger partial charge in [0.05, 0.1) is 6.26 Å². The molecule has 0 aromatic heterocycles. The SMILES string of the molecule is CC1C=CC2=CC3C=C(C=CO3)C=C2O1. The molecule has 2 heterocycles. The van der Waals surface area contributed by atoms with Crippen molar-refractivity contribution in [2.45, 2.75) is 19.1 Å². The van der Waals surface area contributed by atoms with Gasteiger partial charge in [0, 0.05) is 5.57 Å². The molecule has 1 aliphatic carbocycles. The van der Waals surface area contributed by atoms with E-state index in [-0.39, 0.29) is 12.2 Å². The minimum absolute atomic E-state index is 0.0374. The Hall–Kier alpha value is -1.70. The molecule has 2 nitrogen and oxygen atoms in total. The fourth-order valence-corrected chi connectivity index (χ4v) is 1.89. The largest absolute Gasteiger partial charge is 0.490 e. The number of ether oxygens (including phenoxy) is 2. The summed E-state index contributed by atoms with van der Waals surface area (Å²) < 4.78 is 11.2. The molecule has 0 saturated heterocycles. The molecule has 0 fully saturated rings. The van der Waals surface area contributed by atoms with Gasteiger partial charge in [-0.3, -0.25) is 0 Å². The first-order valence-corrected chi connectivity index (χ1v) is 5.14. The molecule has 2 heteroatoms. The lowest BCUT2D eigenvalue weighted by molar-refractivity contribution is 0.171. The zero-order chi connectivity index (χ0) is 10.3. The Morgan fingerprint density at radius 3 is 3.07 bits per heavy atom. The van der Waals surface area contributed by atoms with E-state index in [4.69, 9.17) is 9.47 Å². The van der Waals surface area contributed by atoms with E-state index in [0.717, 1.165) is 16.9 Å². The highest BCUT2D eigenvalue weighted by atomic mass is 16.5. The first-order valence-electron chi connectivity index (χ1n) is 5.14. The Morgan fingerprint density at radius 2 is 2.13 bits per heavy atom. The van der Waals surface area contributed by atoms with E-state index in [2.05, 4.69) is 30.4 Å². The lowest BCUT2D eigenvalue weighted by Gasteiger charge is -2.20. The van der Waals surface area contributed by atoms with Crippen molar-refractivity contribution >= 4 is 0 Å². The van der Waals surface area contributed by atoms with Crippen LogP contribution in [0.2, 0.25) is 0 Å². The van der Waals surface area contributed by atoms with Crippen molar-refractivity contribution in [3.05, 3.63) is 59.6 Å². The van der Waals surface area contributed by atoms with E-state index in [9.17, 15) is 0 Å². The van der Waals surface area contributed by atoms with Crippen LogP contribution in [0.1, 0.15) is 6.92 Å². The van der Waals surface area contributed by atoms with Crippen molar-refractivity contribution in [1.29, 1.82) is 0 Å². The van der Waals surface area contributed by atoms with Crippen molar-refractivity contribution in [3.8, 4) is 0 Å². The van der Waals surface area contributed by atoms with Gasteiger partial charge >= 0.3 is 0 Å². The van der Waals surface area contributed by atoms with Crippen molar-refractivity contribution in [1.82, 2.24) is 0 Å². The molecule has 2 unspecified atom stereocenters. The second-order valence-electron chi connectivity index (χ2n) is 3.88. The number of rotatable bonds is 0. The van der Waals surface area contributed by atoms with Crippen LogP contribution in [0.5, 0.6) is 0 Å². The van der Waals surface area contributed by atoms with E-state index < -0.39 is 0 Å². The predicted molar refractivity (Wildman–Crippen MR) is 57.9 cm³/mol. The van der Waals surface area contributed by atoms with Crippen LogP contribution in [0.4, 0.5) is 0 Å². The van der Waals surface area contributed by atoms with Crippen LogP contribution in [0.25, 0.3) is 0 Å². The number of allylic oxidation sites excluding steroid dienone is 4. The second-order valence-corrected chi connectivity index (χ2v) is 3.88. The van der Waals surface area contributed by atoms with Crippen LogP contribution in [-0.4, -0.2) is 12.2 Å². The van der Waals surface area contributed by atoms with Gasteiger partial charge in [0.15, 0.2) is 0 Å². The molecular formula is C13H12O2. The summed E-state index contributed by atoms with van der Waals surface area (Å²) in [5.74, 6) is 0.939. The Balaban J connectivity index is 2.07. The molecule has 0 aromatic carbocycles. The molecule has 0 N–H and O–H groups in total. The van der Waals surface area contributed by atoms with Gasteiger partial charge in [-0.1, -0.05) is 6.08 Å². The maximum absolute atomic E-state index is 5.75. The zero-order valence-electron chi connectivity index (χ0n) is 8.51. The van der Waals surface area contributed by atoms with Gasteiger partial charge in [-0.2, -0.15) is 0 Å².